The number of aliphatic hydroxyl groups excluding tert-OH is 1. The smallest absolute Gasteiger partial charge is 0.244 e. The lowest BCUT2D eigenvalue weighted by Crippen LogP contribution is -2.39. The molecule has 50 heavy (non-hydrogen) atoms. The average molecular weight is 680 g/mol. The van der Waals surface area contributed by atoms with Crippen molar-refractivity contribution in [2.24, 2.45) is 0 Å². The van der Waals surface area contributed by atoms with Crippen LogP contribution in [0.25, 0.3) is 0 Å². The number of nitrogens with zero attached hydrogens (tertiary/aromatic N) is 1. The molecular weight excluding hydrogens is 630 g/mol. The fourth-order valence-corrected chi connectivity index (χ4v) is 4.99. The number of nitrogens with one attached hydrogen (secondary N) is 2. The van der Waals surface area contributed by atoms with Crippen LogP contribution in [-0.4, -0.2) is 47.8 Å². The number of aliphatic hydroxyl groups is 1. The number of amides is 2. The molecule has 0 spiro atoms. The third kappa shape index (κ3) is 15.2. The number of ether oxygens (including phenoxy) is 2. The van der Waals surface area contributed by atoms with Gasteiger partial charge in [0.15, 0.2) is 0 Å². The number of hydrogen-bond donors (Lipinski definition) is 3. The lowest BCUT2D eigenvalue weighted by Gasteiger charge is -2.24. The van der Waals surface area contributed by atoms with Crippen LogP contribution >= 0.6 is 0 Å². The SMILES string of the molecule is C=C(CN(CC(=O)Nc1ccc(OCc2ccccc2)cc1)C(=O)CCCCCCC(C)=O)Nc1ccc(OCc2ccccc2)cc1.CO. The van der Waals surface area contributed by atoms with Gasteiger partial charge in [-0.15, -0.1) is 0 Å². The third-order valence-electron chi connectivity index (χ3n) is 7.55. The highest BCUT2D eigenvalue weighted by Crippen LogP contribution is 2.20. The van der Waals surface area contributed by atoms with E-state index in [9.17, 15) is 14.4 Å². The molecule has 4 aromatic rings. The number of unbranched alkanes of at least 4 members (excludes halogenated alkanes) is 3. The molecule has 9 heteroatoms. The van der Waals surface area contributed by atoms with Gasteiger partial charge in [0.2, 0.25) is 11.8 Å². The Morgan fingerprint density at radius 3 is 1.56 bits per heavy atom. The molecule has 0 saturated carbocycles. The summed E-state index contributed by atoms with van der Waals surface area (Å²) in [6, 6.07) is 34.5. The van der Waals surface area contributed by atoms with Gasteiger partial charge in [0, 0.05) is 37.0 Å². The predicted octanol–water partition coefficient (Wildman–Crippen LogP) is 7.78. The molecule has 0 heterocycles. The van der Waals surface area contributed by atoms with Crippen LogP contribution < -0.4 is 20.1 Å². The predicted molar refractivity (Wildman–Crippen MR) is 199 cm³/mol. The molecule has 0 unspecified atom stereocenters. The van der Waals surface area contributed by atoms with E-state index >= 15 is 0 Å². The van der Waals surface area contributed by atoms with Gasteiger partial charge in [-0.05, 0) is 79.4 Å². The number of carbonyl (C=O) groups is 3. The standard InChI is InChI=1S/C40H45N3O5.CH4O/c1-31(41-35-19-23-37(24-20-35)47-29-33-14-8-5-9-15-33)27-43(40(46)18-12-4-3-7-13-32(2)44)28-39(45)42-36-21-25-38(26-22-36)48-30-34-16-10-6-11-17-34;1-2/h5-6,8-11,14-17,19-26,41H,1,3-4,7,12-13,18,27-30H2,2H3,(H,42,45);2H,1H3. The highest BCUT2D eigenvalue weighted by atomic mass is 16.5. The quantitative estimate of drug-likeness (QED) is 0.0817. The summed E-state index contributed by atoms with van der Waals surface area (Å²) < 4.78 is 11.7. The topological polar surface area (TPSA) is 117 Å². The summed E-state index contributed by atoms with van der Waals surface area (Å²) in [6.45, 7) is 6.69. The highest BCUT2D eigenvalue weighted by Gasteiger charge is 2.18. The van der Waals surface area contributed by atoms with Crippen LogP contribution in [-0.2, 0) is 27.6 Å². The Hall–Kier alpha value is -5.41. The minimum atomic E-state index is -0.310. The van der Waals surface area contributed by atoms with Crippen molar-refractivity contribution < 1.29 is 29.0 Å². The van der Waals surface area contributed by atoms with Gasteiger partial charge in [0.25, 0.3) is 0 Å². The molecule has 264 valence electrons. The average Bonchev–Trinajstić information content (AvgIpc) is 3.13. The van der Waals surface area contributed by atoms with E-state index in [1.165, 1.54) is 4.90 Å². The molecule has 0 saturated heterocycles. The zero-order valence-electron chi connectivity index (χ0n) is 29.1. The number of ketones is 1. The molecule has 9 nitrogen and oxygen atoms in total. The van der Waals surface area contributed by atoms with Crippen molar-refractivity contribution in [1.82, 2.24) is 4.90 Å². The Kier molecular flexibility index (Phi) is 17.4. The van der Waals surface area contributed by atoms with Crippen molar-refractivity contribution in [3.63, 3.8) is 0 Å². The Morgan fingerprint density at radius 2 is 1.08 bits per heavy atom. The van der Waals surface area contributed by atoms with E-state index in [1.54, 1.807) is 31.2 Å². The molecule has 0 aliphatic heterocycles. The minimum absolute atomic E-state index is 0.123. The Labute approximate surface area is 295 Å². The molecule has 0 aliphatic rings. The lowest BCUT2D eigenvalue weighted by atomic mass is 10.1. The molecule has 3 N–H and O–H groups in total. The first-order valence-corrected chi connectivity index (χ1v) is 16.8. The van der Waals surface area contributed by atoms with Gasteiger partial charge < -0.3 is 34.9 Å². The third-order valence-corrected chi connectivity index (χ3v) is 7.55. The molecule has 4 aromatic carbocycles. The Bertz CT molecular complexity index is 1490. The maximum Gasteiger partial charge on any atom is 0.244 e. The van der Waals surface area contributed by atoms with Gasteiger partial charge in [-0.25, -0.2) is 0 Å². The summed E-state index contributed by atoms with van der Waals surface area (Å²) in [5.41, 5.74) is 4.13. The first kappa shape index (κ1) is 39.0. The summed E-state index contributed by atoms with van der Waals surface area (Å²) in [5, 5.41) is 13.1. The van der Waals surface area contributed by atoms with Crippen LogP contribution in [0.5, 0.6) is 11.5 Å². The van der Waals surface area contributed by atoms with E-state index in [0.717, 1.165) is 48.9 Å². The summed E-state index contributed by atoms with van der Waals surface area (Å²) in [5.74, 6) is 1.17. The van der Waals surface area contributed by atoms with Gasteiger partial charge in [0.1, 0.15) is 37.0 Å². The molecule has 0 aliphatic carbocycles. The molecular formula is C41H49N3O6. The van der Waals surface area contributed by atoms with Crippen molar-refractivity contribution in [3.8, 4) is 11.5 Å². The number of benzene rings is 4. The number of anilines is 2. The second-order valence-electron chi connectivity index (χ2n) is 11.7. The zero-order valence-corrected chi connectivity index (χ0v) is 29.1. The fraction of sp³-hybridized carbons (Fsp3) is 0.293. The van der Waals surface area contributed by atoms with Crippen LogP contribution in [0, 0.1) is 0 Å². The lowest BCUT2D eigenvalue weighted by molar-refractivity contribution is -0.134. The van der Waals surface area contributed by atoms with Crippen LogP contribution in [0.15, 0.2) is 121 Å². The van der Waals surface area contributed by atoms with Crippen molar-refractivity contribution in [3.05, 3.63) is 133 Å². The maximum absolute atomic E-state index is 13.3. The first-order valence-electron chi connectivity index (χ1n) is 16.8. The van der Waals surface area contributed by atoms with E-state index in [1.807, 2.05) is 84.9 Å². The van der Waals surface area contributed by atoms with Gasteiger partial charge in [-0.1, -0.05) is 80.1 Å². The van der Waals surface area contributed by atoms with E-state index < -0.39 is 0 Å². The van der Waals surface area contributed by atoms with Crippen LogP contribution in [0.4, 0.5) is 11.4 Å². The molecule has 0 bridgehead atoms. The molecule has 0 atom stereocenters. The molecule has 0 aromatic heterocycles. The zero-order chi connectivity index (χ0) is 36.0. The molecule has 2 amide bonds. The summed E-state index contributed by atoms with van der Waals surface area (Å²) in [7, 11) is 1.00. The number of Topliss-reactive ketones (excluding diaryl/α,β-unsaturated/α-hetero) is 1. The van der Waals surface area contributed by atoms with E-state index in [-0.39, 0.29) is 30.7 Å². The summed E-state index contributed by atoms with van der Waals surface area (Å²) in [6.07, 6.45) is 4.10. The van der Waals surface area contributed by atoms with Crippen molar-refractivity contribution >= 4 is 29.0 Å². The van der Waals surface area contributed by atoms with E-state index in [0.29, 0.717) is 49.6 Å². The van der Waals surface area contributed by atoms with Gasteiger partial charge in [-0.2, -0.15) is 0 Å². The number of rotatable bonds is 20. The minimum Gasteiger partial charge on any atom is -0.489 e. The Morgan fingerprint density at radius 1 is 0.620 bits per heavy atom. The summed E-state index contributed by atoms with van der Waals surface area (Å²) >= 11 is 0. The molecule has 4 rings (SSSR count). The monoisotopic (exact) mass is 679 g/mol. The molecule has 0 fully saturated rings. The van der Waals surface area contributed by atoms with Crippen molar-refractivity contribution in [2.75, 3.05) is 30.8 Å². The van der Waals surface area contributed by atoms with Gasteiger partial charge in [0.05, 0.1) is 6.54 Å². The van der Waals surface area contributed by atoms with Crippen LogP contribution in [0.2, 0.25) is 0 Å². The van der Waals surface area contributed by atoms with Crippen LogP contribution in [0.1, 0.15) is 56.6 Å². The molecule has 0 radical (unpaired) electrons. The first-order chi connectivity index (χ1) is 24.3. The largest absolute Gasteiger partial charge is 0.489 e. The van der Waals surface area contributed by atoms with Crippen molar-refractivity contribution in [2.45, 2.75) is 58.7 Å². The Balaban J connectivity index is 0.00000332. The van der Waals surface area contributed by atoms with Crippen molar-refractivity contribution in [1.29, 1.82) is 0 Å². The number of carbonyl (C=O) groups excluding carboxylic acids is 3. The highest BCUT2D eigenvalue weighted by molar-refractivity contribution is 5.94. The second-order valence-corrected chi connectivity index (χ2v) is 11.7. The van der Waals surface area contributed by atoms with E-state index in [4.69, 9.17) is 14.6 Å². The van der Waals surface area contributed by atoms with Gasteiger partial charge >= 0.3 is 0 Å². The maximum atomic E-state index is 13.3. The fourth-order valence-electron chi connectivity index (χ4n) is 4.99. The van der Waals surface area contributed by atoms with E-state index in [2.05, 4.69) is 17.2 Å². The second kappa shape index (κ2) is 22.3. The normalized spacial score (nSPS) is 10.2. The van der Waals surface area contributed by atoms with Gasteiger partial charge in [-0.3, -0.25) is 9.59 Å². The number of hydrogen-bond acceptors (Lipinski definition) is 7. The van der Waals surface area contributed by atoms with Crippen LogP contribution in [0.3, 0.4) is 0 Å². The summed E-state index contributed by atoms with van der Waals surface area (Å²) in [4.78, 5) is 39.2.